The molecule has 2 N–H and O–H groups in total. The van der Waals surface area contributed by atoms with Crippen molar-refractivity contribution >= 4 is 40.4 Å². The highest BCUT2D eigenvalue weighted by molar-refractivity contribution is 6.44. The first-order chi connectivity index (χ1) is 14.0. The third-order valence-electron chi connectivity index (χ3n) is 5.13. The first-order valence-electron chi connectivity index (χ1n) is 9.51. The Balaban J connectivity index is 1.58. The van der Waals surface area contributed by atoms with Gasteiger partial charge in [0.1, 0.15) is 0 Å². The summed E-state index contributed by atoms with van der Waals surface area (Å²) < 4.78 is 0. The Morgan fingerprint density at radius 2 is 1.48 bits per heavy atom. The molecule has 0 aromatic heterocycles. The highest BCUT2D eigenvalue weighted by Gasteiger charge is 2.40. The fraction of sp³-hybridized carbons (Fsp3) is 0.227. The van der Waals surface area contributed by atoms with E-state index in [0.29, 0.717) is 16.9 Å². The van der Waals surface area contributed by atoms with Gasteiger partial charge in [-0.15, -0.1) is 0 Å². The van der Waals surface area contributed by atoms with Crippen molar-refractivity contribution < 1.29 is 19.5 Å². The van der Waals surface area contributed by atoms with E-state index in [1.54, 1.807) is 36.4 Å². The zero-order valence-electron chi connectivity index (χ0n) is 16.0. The van der Waals surface area contributed by atoms with Crippen LogP contribution in [-0.4, -0.2) is 35.9 Å². The molecule has 7 heteroatoms. The number of amides is 3. The van der Waals surface area contributed by atoms with Gasteiger partial charge in [0.2, 0.25) is 5.91 Å². The third kappa shape index (κ3) is 3.47. The molecule has 148 valence electrons. The topological polar surface area (TPSA) is 89.9 Å². The summed E-state index contributed by atoms with van der Waals surface area (Å²) in [5.74, 6) is -2.11. The monoisotopic (exact) mass is 391 g/mol. The summed E-state index contributed by atoms with van der Waals surface area (Å²) in [4.78, 5) is 39.9. The van der Waals surface area contributed by atoms with E-state index in [-0.39, 0.29) is 11.5 Å². The summed E-state index contributed by atoms with van der Waals surface area (Å²) in [6.07, 6.45) is 2.32. The average Bonchev–Trinajstić information content (AvgIpc) is 3.31. The predicted octanol–water partition coefficient (Wildman–Crippen LogP) is 3.09. The number of imide groups is 1. The van der Waals surface area contributed by atoms with E-state index >= 15 is 0 Å². The van der Waals surface area contributed by atoms with Gasteiger partial charge in [-0.25, -0.2) is 4.90 Å². The molecule has 0 radical (unpaired) electrons. The van der Waals surface area contributed by atoms with Gasteiger partial charge in [-0.05, 0) is 54.8 Å². The summed E-state index contributed by atoms with van der Waals surface area (Å²) in [7, 11) is 0. The number of nitrogens with one attached hydrogen (secondary N) is 1. The fourth-order valence-electron chi connectivity index (χ4n) is 3.72. The van der Waals surface area contributed by atoms with Crippen molar-refractivity contribution in [1.29, 1.82) is 0 Å². The van der Waals surface area contributed by atoms with Gasteiger partial charge < -0.3 is 15.3 Å². The zero-order chi connectivity index (χ0) is 20.5. The second-order valence-electron chi connectivity index (χ2n) is 7.14. The molecule has 0 atom stereocenters. The van der Waals surface area contributed by atoms with Crippen molar-refractivity contribution in [2.24, 2.45) is 0 Å². The molecule has 2 aliphatic heterocycles. The summed E-state index contributed by atoms with van der Waals surface area (Å²) in [5.41, 5.74) is 2.39. The van der Waals surface area contributed by atoms with E-state index in [4.69, 9.17) is 0 Å². The van der Waals surface area contributed by atoms with Crippen molar-refractivity contribution in [3.05, 3.63) is 59.9 Å². The van der Waals surface area contributed by atoms with E-state index < -0.39 is 17.6 Å². The lowest BCUT2D eigenvalue weighted by molar-refractivity contribution is -0.121. The molecule has 2 heterocycles. The number of rotatable bonds is 4. The Bertz CT molecular complexity index is 1000. The van der Waals surface area contributed by atoms with Crippen LogP contribution >= 0.6 is 0 Å². The molecule has 2 aromatic carbocycles. The summed E-state index contributed by atoms with van der Waals surface area (Å²) in [6.45, 7) is 3.40. The SMILES string of the molecule is CC(=O)Nc1ccc(C2=C(O)C(=O)N(c3ccc(N4CCCC4)cc3)C2=O)cc1. The Hall–Kier alpha value is -3.61. The Labute approximate surface area is 168 Å². The van der Waals surface area contributed by atoms with Crippen molar-refractivity contribution in [2.75, 3.05) is 28.2 Å². The van der Waals surface area contributed by atoms with E-state index in [0.717, 1.165) is 36.5 Å². The van der Waals surface area contributed by atoms with Crippen LogP contribution in [0.1, 0.15) is 25.3 Å². The van der Waals surface area contributed by atoms with E-state index in [9.17, 15) is 19.5 Å². The molecule has 4 rings (SSSR count). The number of carbonyl (C=O) groups excluding carboxylic acids is 3. The number of anilines is 3. The Morgan fingerprint density at radius 1 is 0.897 bits per heavy atom. The normalized spacial score (nSPS) is 16.7. The number of aliphatic hydroxyl groups excluding tert-OH is 1. The predicted molar refractivity (Wildman–Crippen MR) is 111 cm³/mol. The lowest BCUT2D eigenvalue weighted by Gasteiger charge is -2.20. The molecule has 0 unspecified atom stereocenters. The molecule has 2 aliphatic rings. The third-order valence-corrected chi connectivity index (χ3v) is 5.13. The Morgan fingerprint density at radius 3 is 2.07 bits per heavy atom. The van der Waals surface area contributed by atoms with Crippen LogP contribution < -0.4 is 15.1 Å². The van der Waals surface area contributed by atoms with Gasteiger partial charge in [0.25, 0.3) is 5.91 Å². The molecule has 1 saturated heterocycles. The fourth-order valence-corrected chi connectivity index (χ4v) is 3.72. The largest absolute Gasteiger partial charge is 0.502 e. The highest BCUT2D eigenvalue weighted by atomic mass is 16.3. The molecule has 0 aliphatic carbocycles. The van der Waals surface area contributed by atoms with Gasteiger partial charge in [0, 0.05) is 31.4 Å². The maximum absolute atomic E-state index is 12.9. The van der Waals surface area contributed by atoms with Crippen molar-refractivity contribution in [3.63, 3.8) is 0 Å². The summed E-state index contributed by atoms with van der Waals surface area (Å²) in [5, 5.41) is 13.0. The minimum Gasteiger partial charge on any atom is -0.502 e. The van der Waals surface area contributed by atoms with Crippen molar-refractivity contribution in [1.82, 2.24) is 0 Å². The lowest BCUT2D eigenvalue weighted by Crippen LogP contribution is -2.31. The van der Waals surface area contributed by atoms with Gasteiger partial charge in [-0.2, -0.15) is 0 Å². The standard InChI is InChI=1S/C22H21N3O4/c1-14(26)23-16-6-4-15(5-7-16)19-20(27)22(29)25(21(19)28)18-10-8-17(9-11-18)24-12-2-3-13-24/h4-11,27H,2-3,12-13H2,1H3,(H,23,26). The molecule has 2 aromatic rings. The quantitative estimate of drug-likeness (QED) is 0.782. The molecule has 0 bridgehead atoms. The van der Waals surface area contributed by atoms with Gasteiger partial charge in [-0.1, -0.05) is 12.1 Å². The van der Waals surface area contributed by atoms with E-state index in [1.807, 2.05) is 12.1 Å². The molecular formula is C22H21N3O4. The zero-order valence-corrected chi connectivity index (χ0v) is 16.0. The van der Waals surface area contributed by atoms with Crippen LogP contribution in [0, 0.1) is 0 Å². The molecule has 3 amide bonds. The lowest BCUT2D eigenvalue weighted by atomic mass is 10.1. The molecule has 7 nitrogen and oxygen atoms in total. The average molecular weight is 391 g/mol. The summed E-state index contributed by atoms with van der Waals surface area (Å²) >= 11 is 0. The van der Waals surface area contributed by atoms with Crippen LogP contribution in [0.25, 0.3) is 5.57 Å². The van der Waals surface area contributed by atoms with Gasteiger partial charge >= 0.3 is 5.91 Å². The van der Waals surface area contributed by atoms with Crippen LogP contribution in [0.2, 0.25) is 0 Å². The van der Waals surface area contributed by atoms with Crippen LogP contribution in [0.4, 0.5) is 17.1 Å². The number of benzene rings is 2. The molecular weight excluding hydrogens is 370 g/mol. The number of nitrogens with zero attached hydrogens (tertiary/aromatic N) is 2. The van der Waals surface area contributed by atoms with E-state index in [2.05, 4.69) is 10.2 Å². The second-order valence-corrected chi connectivity index (χ2v) is 7.14. The molecule has 0 saturated carbocycles. The van der Waals surface area contributed by atoms with Crippen LogP contribution in [-0.2, 0) is 14.4 Å². The maximum Gasteiger partial charge on any atom is 0.301 e. The van der Waals surface area contributed by atoms with Crippen LogP contribution in [0.15, 0.2) is 54.3 Å². The van der Waals surface area contributed by atoms with Gasteiger partial charge in [0.05, 0.1) is 11.3 Å². The van der Waals surface area contributed by atoms with Crippen LogP contribution in [0.5, 0.6) is 0 Å². The van der Waals surface area contributed by atoms with Crippen molar-refractivity contribution in [2.45, 2.75) is 19.8 Å². The number of hydrogen-bond donors (Lipinski definition) is 2. The summed E-state index contributed by atoms with van der Waals surface area (Å²) in [6, 6.07) is 13.6. The number of hydrogen-bond acceptors (Lipinski definition) is 5. The number of carbonyl (C=O) groups is 3. The van der Waals surface area contributed by atoms with E-state index in [1.165, 1.54) is 6.92 Å². The highest BCUT2D eigenvalue weighted by Crippen LogP contribution is 2.33. The first-order valence-corrected chi connectivity index (χ1v) is 9.51. The molecule has 29 heavy (non-hydrogen) atoms. The molecule has 0 spiro atoms. The minimum absolute atomic E-state index is 0.0482. The van der Waals surface area contributed by atoms with Crippen molar-refractivity contribution in [3.8, 4) is 0 Å². The number of aliphatic hydroxyl groups is 1. The minimum atomic E-state index is -0.745. The maximum atomic E-state index is 12.9. The molecule has 1 fully saturated rings. The smallest absolute Gasteiger partial charge is 0.301 e. The second kappa shape index (κ2) is 7.43. The van der Waals surface area contributed by atoms with Crippen LogP contribution in [0.3, 0.4) is 0 Å². The Kier molecular flexibility index (Phi) is 4.80. The van der Waals surface area contributed by atoms with Gasteiger partial charge in [-0.3, -0.25) is 14.4 Å². The van der Waals surface area contributed by atoms with Gasteiger partial charge in [0.15, 0.2) is 5.76 Å². The first kappa shape index (κ1) is 18.7.